The minimum Gasteiger partial charge on any atom is -0.504 e. The largest absolute Gasteiger partial charge is 0.504 e. The van der Waals surface area contributed by atoms with E-state index in [9.17, 15) is 9.90 Å². The Morgan fingerprint density at radius 3 is 2.25 bits per heavy atom. The number of carbonyl (C=O) groups excluding carboxylic acids is 1. The van der Waals surface area contributed by atoms with Gasteiger partial charge in [0.1, 0.15) is 0 Å². The zero-order valence-corrected chi connectivity index (χ0v) is 9.64. The molecule has 0 aliphatic carbocycles. The molecule has 1 aromatic rings. The molecule has 0 saturated heterocycles. The van der Waals surface area contributed by atoms with Crippen LogP contribution in [-0.4, -0.2) is 24.4 Å². The van der Waals surface area contributed by atoms with Gasteiger partial charge in [-0.2, -0.15) is 0 Å². The highest BCUT2D eigenvalue weighted by Gasteiger charge is 2.01. The quantitative estimate of drug-likeness (QED) is 0.808. The van der Waals surface area contributed by atoms with Gasteiger partial charge in [0.25, 0.3) is 0 Å². The predicted molar refractivity (Wildman–Crippen MR) is 60.5 cm³/mol. The van der Waals surface area contributed by atoms with E-state index in [2.05, 4.69) is 10.5 Å². The van der Waals surface area contributed by atoms with Crippen LogP contribution in [0.25, 0.3) is 0 Å². The summed E-state index contributed by atoms with van der Waals surface area (Å²) in [6, 6.07) is 6.95. The highest BCUT2D eigenvalue weighted by Crippen LogP contribution is 2.25. The van der Waals surface area contributed by atoms with Gasteiger partial charge in [-0.25, -0.2) is 4.79 Å². The first-order chi connectivity index (χ1) is 7.47. The number of carbonyl (C=O) groups is 1. The van der Waals surface area contributed by atoms with Gasteiger partial charge in [-0.3, -0.25) is 0 Å². The zero-order chi connectivity index (χ0) is 12.6. The van der Waals surface area contributed by atoms with Crippen LogP contribution in [0.15, 0.2) is 24.3 Å². The van der Waals surface area contributed by atoms with Crippen molar-refractivity contribution in [1.29, 1.82) is 0 Å². The number of phenolic OH excluding ortho intramolecular Hbond substituents is 1. The third-order valence-corrected chi connectivity index (χ3v) is 1.43. The van der Waals surface area contributed by atoms with Crippen LogP contribution in [-0.2, 0) is 4.74 Å². The number of amides is 1. The van der Waals surface area contributed by atoms with Crippen molar-refractivity contribution in [1.82, 2.24) is 0 Å². The fraction of sp³-hybridized carbons (Fsp3) is 0.364. The Hall–Kier alpha value is -1.91. The van der Waals surface area contributed by atoms with Gasteiger partial charge in [0.2, 0.25) is 0 Å². The summed E-state index contributed by atoms with van der Waals surface area (Å²) in [6.45, 7) is 3.85. The summed E-state index contributed by atoms with van der Waals surface area (Å²) in [7, 11) is 1.22. The van der Waals surface area contributed by atoms with Crippen LogP contribution in [0.1, 0.15) is 13.8 Å². The molecule has 3 N–H and O–H groups in total. The molecule has 1 amide bonds. The normalized spacial score (nSPS) is 9.00. The van der Waals surface area contributed by atoms with E-state index >= 15 is 0 Å². The SMILES string of the molecule is CC(C)Oc1ccccc1O.COC(N)=O. The van der Waals surface area contributed by atoms with Crippen molar-refractivity contribution in [2.75, 3.05) is 7.11 Å². The molecule has 0 aliphatic heterocycles. The average molecular weight is 227 g/mol. The Morgan fingerprint density at radius 1 is 1.38 bits per heavy atom. The maximum absolute atomic E-state index is 9.37. The second-order valence-corrected chi connectivity index (χ2v) is 3.16. The topological polar surface area (TPSA) is 81.8 Å². The number of benzene rings is 1. The van der Waals surface area contributed by atoms with Crippen LogP contribution < -0.4 is 10.5 Å². The molecule has 1 rings (SSSR count). The number of hydrogen-bond donors (Lipinski definition) is 2. The van der Waals surface area contributed by atoms with Crippen molar-refractivity contribution in [2.24, 2.45) is 5.73 Å². The Kier molecular flexibility index (Phi) is 6.51. The predicted octanol–water partition coefficient (Wildman–Crippen LogP) is 1.89. The summed E-state index contributed by atoms with van der Waals surface area (Å²) in [5, 5.41) is 9.23. The standard InChI is InChI=1S/C9H12O2.C2H5NO2/c1-7(2)11-9-6-4-3-5-8(9)10;1-5-2(3)4/h3-7,10H,1-2H3;1H3,(H2,3,4). The van der Waals surface area contributed by atoms with Crippen molar-refractivity contribution in [3.8, 4) is 11.5 Å². The Labute approximate surface area is 94.8 Å². The number of methoxy groups -OCH3 is 1. The van der Waals surface area contributed by atoms with E-state index in [-0.39, 0.29) is 11.9 Å². The maximum Gasteiger partial charge on any atom is 0.404 e. The number of primary amides is 1. The number of aromatic hydroxyl groups is 1. The van der Waals surface area contributed by atoms with Crippen LogP contribution >= 0.6 is 0 Å². The van der Waals surface area contributed by atoms with Crippen LogP contribution in [0.5, 0.6) is 11.5 Å². The summed E-state index contributed by atoms with van der Waals surface area (Å²) >= 11 is 0. The fourth-order valence-electron chi connectivity index (χ4n) is 0.811. The molecule has 0 bridgehead atoms. The molecular weight excluding hydrogens is 210 g/mol. The molecule has 90 valence electrons. The van der Waals surface area contributed by atoms with Crippen molar-refractivity contribution >= 4 is 6.09 Å². The van der Waals surface area contributed by atoms with E-state index in [0.29, 0.717) is 5.75 Å². The van der Waals surface area contributed by atoms with Gasteiger partial charge in [-0.05, 0) is 26.0 Å². The highest BCUT2D eigenvalue weighted by atomic mass is 16.5. The molecule has 0 radical (unpaired) electrons. The molecule has 0 fully saturated rings. The lowest BCUT2D eigenvalue weighted by Gasteiger charge is -2.09. The third kappa shape index (κ3) is 6.53. The van der Waals surface area contributed by atoms with Gasteiger partial charge in [-0.1, -0.05) is 12.1 Å². The van der Waals surface area contributed by atoms with Crippen LogP contribution in [0, 0.1) is 0 Å². The first kappa shape index (κ1) is 14.1. The summed E-state index contributed by atoms with van der Waals surface area (Å²) in [6.07, 6.45) is -0.645. The summed E-state index contributed by atoms with van der Waals surface area (Å²) < 4.78 is 9.18. The number of hydrogen-bond acceptors (Lipinski definition) is 4. The van der Waals surface area contributed by atoms with E-state index in [1.54, 1.807) is 18.2 Å². The third-order valence-electron chi connectivity index (χ3n) is 1.43. The number of rotatable bonds is 2. The van der Waals surface area contributed by atoms with Gasteiger partial charge in [0.15, 0.2) is 11.5 Å². The molecule has 0 spiro atoms. The number of ether oxygens (including phenoxy) is 2. The summed E-state index contributed by atoms with van der Waals surface area (Å²) in [5.74, 6) is 0.740. The number of para-hydroxylation sites is 2. The van der Waals surface area contributed by atoms with Gasteiger partial charge in [-0.15, -0.1) is 0 Å². The molecule has 5 heteroatoms. The van der Waals surface area contributed by atoms with Crippen LogP contribution in [0.3, 0.4) is 0 Å². The maximum atomic E-state index is 9.37. The fourth-order valence-corrected chi connectivity index (χ4v) is 0.811. The van der Waals surface area contributed by atoms with Gasteiger partial charge in [0, 0.05) is 0 Å². The Morgan fingerprint density at radius 2 is 1.88 bits per heavy atom. The summed E-state index contributed by atoms with van der Waals surface area (Å²) in [4.78, 5) is 9.37. The molecule has 0 aromatic heterocycles. The highest BCUT2D eigenvalue weighted by molar-refractivity contribution is 5.64. The van der Waals surface area contributed by atoms with Crippen LogP contribution in [0.2, 0.25) is 0 Å². The first-order valence-electron chi connectivity index (χ1n) is 4.75. The molecule has 0 aliphatic rings. The van der Waals surface area contributed by atoms with E-state index in [1.807, 2.05) is 19.9 Å². The molecule has 0 unspecified atom stereocenters. The lowest BCUT2D eigenvalue weighted by Crippen LogP contribution is -2.08. The molecule has 0 heterocycles. The average Bonchev–Trinajstić information content (AvgIpc) is 2.22. The second-order valence-electron chi connectivity index (χ2n) is 3.16. The van der Waals surface area contributed by atoms with Crippen LogP contribution in [0.4, 0.5) is 4.79 Å². The lowest BCUT2D eigenvalue weighted by molar-refractivity contribution is 0.182. The molecule has 1 aromatic carbocycles. The minimum atomic E-state index is -0.745. The Balaban J connectivity index is 0.000000385. The van der Waals surface area contributed by atoms with Gasteiger partial charge in [0.05, 0.1) is 13.2 Å². The first-order valence-corrected chi connectivity index (χ1v) is 4.75. The van der Waals surface area contributed by atoms with E-state index < -0.39 is 6.09 Å². The van der Waals surface area contributed by atoms with Crippen molar-refractivity contribution < 1.29 is 19.4 Å². The molecular formula is C11H17NO4. The monoisotopic (exact) mass is 227 g/mol. The lowest BCUT2D eigenvalue weighted by atomic mass is 10.3. The smallest absolute Gasteiger partial charge is 0.404 e. The minimum absolute atomic E-state index is 0.100. The second kappa shape index (κ2) is 7.39. The number of phenols is 1. The Bertz CT molecular complexity index is 326. The van der Waals surface area contributed by atoms with Gasteiger partial charge < -0.3 is 20.3 Å². The molecule has 0 atom stereocenters. The van der Waals surface area contributed by atoms with Crippen molar-refractivity contribution in [2.45, 2.75) is 20.0 Å². The van der Waals surface area contributed by atoms with E-state index in [4.69, 9.17) is 4.74 Å². The van der Waals surface area contributed by atoms with Crippen molar-refractivity contribution in [3.05, 3.63) is 24.3 Å². The summed E-state index contributed by atoms with van der Waals surface area (Å²) in [5.41, 5.74) is 4.43. The molecule has 16 heavy (non-hydrogen) atoms. The van der Waals surface area contributed by atoms with E-state index in [0.717, 1.165) is 0 Å². The van der Waals surface area contributed by atoms with Crippen molar-refractivity contribution in [3.63, 3.8) is 0 Å². The number of nitrogens with two attached hydrogens (primary N) is 1. The molecule has 5 nitrogen and oxygen atoms in total. The van der Waals surface area contributed by atoms with E-state index in [1.165, 1.54) is 7.11 Å². The molecule has 0 saturated carbocycles. The zero-order valence-electron chi connectivity index (χ0n) is 9.64. The van der Waals surface area contributed by atoms with Gasteiger partial charge >= 0.3 is 6.09 Å².